The monoisotopic (exact) mass is 724 g/mol. The Kier molecular flexibility index (Phi) is 15.1. The molecule has 0 radical (unpaired) electrons. The molecule has 2 saturated heterocycles. The quantitative estimate of drug-likeness (QED) is 0.193. The van der Waals surface area contributed by atoms with Crippen LogP contribution in [-0.4, -0.2) is 125 Å². The first-order valence-electron chi connectivity index (χ1n) is 15.1. The van der Waals surface area contributed by atoms with Crippen molar-refractivity contribution in [2.75, 3.05) is 13.2 Å². The summed E-state index contributed by atoms with van der Waals surface area (Å²) in [5.74, 6) is -5.88. The summed E-state index contributed by atoms with van der Waals surface area (Å²) in [6.45, 7) is 11.2. The zero-order valence-electron chi connectivity index (χ0n) is 28.9. The minimum Gasteiger partial charge on any atom is -0.463 e. The first kappa shape index (κ1) is 41.5. The summed E-state index contributed by atoms with van der Waals surface area (Å²) in [6.07, 6.45) is -13.6. The third-order valence-corrected chi connectivity index (χ3v) is 8.69. The standard InChI is InChI=1S/C30H44O18S/c1-13(31)39-11-20-22(41-14(2)32)24(43-16(4)34)26(45-18(6)36)28(47-20)40-12-21-23(42-15(3)33)25(44-17(5)35)27(46-19(7)37)29(48-21)49(38)30(8,9)10/h20-29H,11-12H2,1-10H3/t20-,21-,22-,23-,24+,25+,26-,27-,28-,29+,49?/m1/s1. The lowest BCUT2D eigenvalue weighted by molar-refractivity contribution is -0.317. The minimum atomic E-state index is -1.95. The third kappa shape index (κ3) is 12.3. The summed E-state index contributed by atoms with van der Waals surface area (Å²) in [5.41, 5.74) is -1.45. The summed E-state index contributed by atoms with van der Waals surface area (Å²) in [4.78, 5) is 84.8. The normalized spacial score (nSPS) is 30.5. The van der Waals surface area contributed by atoms with Crippen LogP contribution in [0.5, 0.6) is 0 Å². The Bertz CT molecular complexity index is 1280. The van der Waals surface area contributed by atoms with E-state index < -0.39 is 131 Å². The van der Waals surface area contributed by atoms with Crippen LogP contribution in [0.1, 0.15) is 69.2 Å². The molecule has 0 aliphatic carbocycles. The Morgan fingerprint density at radius 3 is 1.29 bits per heavy atom. The van der Waals surface area contributed by atoms with Gasteiger partial charge < -0.3 is 47.4 Å². The van der Waals surface area contributed by atoms with Gasteiger partial charge in [0.15, 0.2) is 48.3 Å². The van der Waals surface area contributed by atoms with Gasteiger partial charge in [-0.25, -0.2) is 0 Å². The van der Waals surface area contributed by atoms with Gasteiger partial charge in [-0.1, -0.05) is 0 Å². The van der Waals surface area contributed by atoms with E-state index in [4.69, 9.17) is 47.4 Å². The van der Waals surface area contributed by atoms with Crippen molar-refractivity contribution in [3.8, 4) is 0 Å². The molecule has 0 aromatic carbocycles. The second-order valence-electron chi connectivity index (χ2n) is 12.1. The molecule has 19 heteroatoms. The van der Waals surface area contributed by atoms with Gasteiger partial charge in [0.25, 0.3) is 0 Å². The maximum atomic E-state index is 13.7. The zero-order valence-corrected chi connectivity index (χ0v) is 29.8. The van der Waals surface area contributed by atoms with Gasteiger partial charge in [-0.3, -0.25) is 37.8 Å². The number of hydrogen-bond donors (Lipinski definition) is 0. The van der Waals surface area contributed by atoms with E-state index in [1.165, 1.54) is 0 Å². The molecule has 11 atom stereocenters. The average molecular weight is 725 g/mol. The Hall–Kier alpha value is -3.68. The number of rotatable bonds is 12. The van der Waals surface area contributed by atoms with Crippen LogP contribution in [0.15, 0.2) is 0 Å². The zero-order chi connectivity index (χ0) is 37.4. The molecule has 0 aromatic rings. The molecule has 0 saturated carbocycles. The second-order valence-corrected chi connectivity index (χ2v) is 14.4. The molecule has 0 bridgehead atoms. The fourth-order valence-electron chi connectivity index (χ4n) is 5.02. The highest BCUT2D eigenvalue weighted by Crippen LogP contribution is 2.35. The predicted molar refractivity (Wildman–Crippen MR) is 161 cm³/mol. The van der Waals surface area contributed by atoms with Crippen LogP contribution in [-0.2, 0) is 91.7 Å². The summed E-state index contributed by atoms with van der Waals surface area (Å²) in [6, 6.07) is 0. The van der Waals surface area contributed by atoms with E-state index in [0.29, 0.717) is 0 Å². The lowest BCUT2D eigenvalue weighted by Crippen LogP contribution is -2.65. The highest BCUT2D eigenvalue weighted by Gasteiger charge is 2.57. The average Bonchev–Trinajstić information content (AvgIpc) is 2.93. The molecule has 2 fully saturated rings. The molecule has 18 nitrogen and oxygen atoms in total. The van der Waals surface area contributed by atoms with Crippen molar-refractivity contribution >= 4 is 52.6 Å². The second kappa shape index (κ2) is 17.8. The van der Waals surface area contributed by atoms with Crippen molar-refractivity contribution in [1.29, 1.82) is 0 Å². The molecule has 2 rings (SSSR count). The summed E-state index contributed by atoms with van der Waals surface area (Å²) in [7, 11) is -1.95. The Balaban J connectivity index is 2.64. The maximum Gasteiger partial charge on any atom is 0.303 e. The Morgan fingerprint density at radius 1 is 0.510 bits per heavy atom. The van der Waals surface area contributed by atoms with E-state index in [1.54, 1.807) is 20.8 Å². The molecule has 0 aromatic heterocycles. The highest BCUT2D eigenvalue weighted by molar-refractivity contribution is 7.86. The molecule has 49 heavy (non-hydrogen) atoms. The van der Waals surface area contributed by atoms with Crippen LogP contribution in [0.3, 0.4) is 0 Å². The summed E-state index contributed by atoms with van der Waals surface area (Å²) in [5, 5.41) is 0. The molecular weight excluding hydrogens is 680 g/mol. The molecule has 0 amide bonds. The SMILES string of the molecule is CC(=O)OC[C@H]1O[C@@H](OC[C@H]2O[C@@H](S(=O)C(C)(C)C)[C@H](OC(C)=O)[C@@H](OC(C)=O)[C@@H]2OC(C)=O)[C@H](OC(C)=O)[C@@H](OC(C)=O)[C@@H]1OC(C)=O. The first-order valence-corrected chi connectivity index (χ1v) is 16.3. The predicted octanol–water partition coefficient (Wildman–Crippen LogP) is 0.153. The van der Waals surface area contributed by atoms with Crippen molar-refractivity contribution in [2.24, 2.45) is 0 Å². The van der Waals surface area contributed by atoms with Gasteiger partial charge in [0.1, 0.15) is 18.8 Å². The first-order chi connectivity index (χ1) is 22.6. The topological polar surface area (TPSA) is 229 Å². The van der Waals surface area contributed by atoms with Gasteiger partial charge in [0.2, 0.25) is 0 Å². The molecule has 2 aliphatic heterocycles. The van der Waals surface area contributed by atoms with Crippen molar-refractivity contribution in [3.05, 3.63) is 0 Å². The van der Waals surface area contributed by atoms with E-state index in [9.17, 15) is 37.8 Å². The van der Waals surface area contributed by atoms with Gasteiger partial charge in [0.05, 0.1) is 17.4 Å². The van der Waals surface area contributed by atoms with E-state index in [1.807, 2.05) is 0 Å². The lowest BCUT2D eigenvalue weighted by atomic mass is 9.97. The van der Waals surface area contributed by atoms with Crippen molar-refractivity contribution in [3.63, 3.8) is 0 Å². The van der Waals surface area contributed by atoms with Crippen molar-refractivity contribution in [1.82, 2.24) is 0 Å². The summed E-state index contributed by atoms with van der Waals surface area (Å²) < 4.78 is 68.4. The lowest BCUT2D eigenvalue weighted by Gasteiger charge is -2.47. The molecule has 278 valence electrons. The third-order valence-electron chi connectivity index (χ3n) is 6.68. The fraction of sp³-hybridized carbons (Fsp3) is 0.767. The van der Waals surface area contributed by atoms with Gasteiger partial charge in [-0.2, -0.15) is 0 Å². The van der Waals surface area contributed by atoms with Crippen LogP contribution in [0.2, 0.25) is 0 Å². The van der Waals surface area contributed by atoms with Crippen molar-refractivity contribution in [2.45, 2.75) is 135 Å². The van der Waals surface area contributed by atoms with Crippen molar-refractivity contribution < 1.29 is 85.1 Å². The Morgan fingerprint density at radius 2 is 0.878 bits per heavy atom. The minimum absolute atomic E-state index is 0.529. The van der Waals surface area contributed by atoms with Gasteiger partial charge in [0, 0.05) is 53.2 Å². The molecule has 2 aliphatic rings. The van der Waals surface area contributed by atoms with Gasteiger partial charge >= 0.3 is 41.8 Å². The fourth-order valence-corrected chi connectivity index (χ4v) is 6.42. The summed E-state index contributed by atoms with van der Waals surface area (Å²) >= 11 is 0. The highest BCUT2D eigenvalue weighted by atomic mass is 32.2. The van der Waals surface area contributed by atoms with Gasteiger partial charge in [-0.05, 0) is 20.8 Å². The number of carbonyl (C=O) groups excluding carboxylic acids is 7. The molecule has 0 N–H and O–H groups in total. The van der Waals surface area contributed by atoms with Gasteiger partial charge in [-0.15, -0.1) is 0 Å². The van der Waals surface area contributed by atoms with Crippen LogP contribution in [0, 0.1) is 0 Å². The van der Waals surface area contributed by atoms with E-state index in [0.717, 1.165) is 48.5 Å². The molecule has 2 heterocycles. The van der Waals surface area contributed by atoms with Crippen LogP contribution >= 0.6 is 0 Å². The van der Waals surface area contributed by atoms with Crippen LogP contribution < -0.4 is 0 Å². The number of esters is 7. The Labute approximate surface area is 285 Å². The molecule has 1 unspecified atom stereocenters. The van der Waals surface area contributed by atoms with E-state index >= 15 is 0 Å². The maximum absolute atomic E-state index is 13.7. The smallest absolute Gasteiger partial charge is 0.303 e. The molecular formula is C30H44O18S. The van der Waals surface area contributed by atoms with E-state index in [2.05, 4.69) is 0 Å². The van der Waals surface area contributed by atoms with Crippen LogP contribution in [0.4, 0.5) is 0 Å². The molecule has 0 spiro atoms. The number of hydrogen-bond acceptors (Lipinski definition) is 18. The van der Waals surface area contributed by atoms with Crippen LogP contribution in [0.25, 0.3) is 0 Å². The largest absolute Gasteiger partial charge is 0.463 e. The number of ether oxygens (including phenoxy) is 10. The number of carbonyl (C=O) groups is 7. The van der Waals surface area contributed by atoms with E-state index in [-0.39, 0.29) is 0 Å².